The minimum absolute atomic E-state index is 0.0195. The number of ether oxygens (including phenoxy) is 1. The lowest BCUT2D eigenvalue weighted by molar-refractivity contribution is -0.143. The molecule has 0 aromatic heterocycles. The van der Waals surface area contributed by atoms with Crippen LogP contribution in [0.15, 0.2) is 24.3 Å². The maximum atomic E-state index is 12.6. The van der Waals surface area contributed by atoms with E-state index in [1.807, 2.05) is 6.08 Å². The first kappa shape index (κ1) is 83.3. The van der Waals surface area contributed by atoms with E-state index in [-0.39, 0.29) is 18.5 Å². The number of unbranched alkanes of at least 4 members (excludes halogenated alkanes) is 61. The molecule has 504 valence electrons. The number of esters is 1. The van der Waals surface area contributed by atoms with Gasteiger partial charge in [-0.3, -0.25) is 9.59 Å². The highest BCUT2D eigenvalue weighted by Gasteiger charge is 2.18. The van der Waals surface area contributed by atoms with Crippen LogP contribution >= 0.6 is 0 Å². The van der Waals surface area contributed by atoms with Crippen molar-refractivity contribution in [3.05, 3.63) is 24.3 Å². The Labute approximate surface area is 532 Å². The zero-order valence-corrected chi connectivity index (χ0v) is 57.9. The van der Waals surface area contributed by atoms with Crippen molar-refractivity contribution in [3.63, 3.8) is 0 Å². The Hall–Kier alpha value is -1.66. The third-order valence-corrected chi connectivity index (χ3v) is 18.5. The van der Waals surface area contributed by atoms with Gasteiger partial charge in [0.15, 0.2) is 0 Å². The Morgan fingerprint density at radius 1 is 0.318 bits per heavy atom. The largest absolute Gasteiger partial charge is 0.466 e. The second-order valence-corrected chi connectivity index (χ2v) is 27.0. The smallest absolute Gasteiger partial charge is 0.305 e. The van der Waals surface area contributed by atoms with E-state index in [2.05, 4.69) is 31.3 Å². The number of carbonyl (C=O) groups is 2. The molecule has 6 heteroatoms. The van der Waals surface area contributed by atoms with Crippen molar-refractivity contribution in [2.75, 3.05) is 13.2 Å². The molecule has 0 bridgehead atoms. The number of rotatable bonds is 74. The predicted molar refractivity (Wildman–Crippen MR) is 375 cm³/mol. The fourth-order valence-electron chi connectivity index (χ4n) is 12.5. The lowest BCUT2D eigenvalue weighted by atomic mass is 10.0. The van der Waals surface area contributed by atoms with Crippen molar-refractivity contribution in [2.45, 2.75) is 456 Å². The molecule has 6 nitrogen and oxygen atoms in total. The van der Waals surface area contributed by atoms with E-state index >= 15 is 0 Å². The molecular weight excluding hydrogens is 1040 g/mol. The van der Waals surface area contributed by atoms with Crippen molar-refractivity contribution in [2.24, 2.45) is 0 Å². The Bertz CT molecular complexity index is 1330. The zero-order valence-electron chi connectivity index (χ0n) is 57.9. The Kier molecular flexibility index (Phi) is 73.3. The first-order chi connectivity index (χ1) is 42.0. The van der Waals surface area contributed by atoms with Gasteiger partial charge in [0, 0.05) is 12.8 Å². The number of amides is 1. The Morgan fingerprint density at radius 2 is 0.553 bits per heavy atom. The summed E-state index contributed by atoms with van der Waals surface area (Å²) in [6.07, 6.45) is 95.8. The normalized spacial score (nSPS) is 12.6. The van der Waals surface area contributed by atoms with Crippen LogP contribution in [0.5, 0.6) is 0 Å². The molecule has 0 heterocycles. The van der Waals surface area contributed by atoms with E-state index in [4.69, 9.17) is 4.74 Å². The fourth-order valence-corrected chi connectivity index (χ4v) is 12.5. The van der Waals surface area contributed by atoms with Crippen molar-refractivity contribution in [1.82, 2.24) is 5.32 Å². The molecule has 0 aliphatic heterocycles. The minimum atomic E-state index is -0.844. The summed E-state index contributed by atoms with van der Waals surface area (Å²) in [6, 6.07) is -0.627. The van der Waals surface area contributed by atoms with Crippen LogP contribution in [-0.4, -0.2) is 47.4 Å². The number of aliphatic hydroxyl groups excluding tert-OH is 2. The summed E-state index contributed by atoms with van der Waals surface area (Å²) >= 11 is 0. The van der Waals surface area contributed by atoms with Gasteiger partial charge in [0.05, 0.1) is 25.4 Å². The van der Waals surface area contributed by atoms with Crippen molar-refractivity contribution in [1.29, 1.82) is 0 Å². The topological polar surface area (TPSA) is 95.9 Å². The van der Waals surface area contributed by atoms with Gasteiger partial charge in [-0.05, 0) is 57.8 Å². The summed E-state index contributed by atoms with van der Waals surface area (Å²) in [7, 11) is 0. The van der Waals surface area contributed by atoms with Gasteiger partial charge in [0.2, 0.25) is 5.91 Å². The standard InChI is InChI=1S/C79H153NO5/c1-3-5-7-9-11-13-15-17-18-19-20-21-22-33-36-39-42-45-48-51-55-59-63-67-71-77(82)76(75-81)80-78(83)72-68-64-60-56-52-49-46-43-40-37-34-31-29-27-25-23-24-26-28-30-32-35-38-41-44-47-50-54-58-62-66-70-74-85-79(84)73-69-65-61-57-53-16-14-12-10-8-6-4-2/h26,28,67,71,76-77,81-82H,3-25,27,29-66,68-70,72-75H2,1-2H3,(H,80,83)/b28-26-,71-67+. The van der Waals surface area contributed by atoms with E-state index in [9.17, 15) is 19.8 Å². The SMILES string of the molecule is CCCCCCCCCCCCCCCCCCCCCCCC/C=C/C(O)C(CO)NC(=O)CCCCCCCCCCCCCCCCCC/C=C\CCCCCCCCCCCCCCOC(=O)CCCCCCCCCCCCCC. The summed E-state index contributed by atoms with van der Waals surface area (Å²) in [5, 5.41) is 23.3. The molecule has 0 aliphatic rings. The van der Waals surface area contributed by atoms with E-state index in [0.717, 1.165) is 38.5 Å². The highest BCUT2D eigenvalue weighted by atomic mass is 16.5. The highest BCUT2D eigenvalue weighted by Crippen LogP contribution is 2.20. The lowest BCUT2D eigenvalue weighted by Crippen LogP contribution is -2.45. The Morgan fingerprint density at radius 3 is 0.835 bits per heavy atom. The molecule has 0 aromatic rings. The van der Waals surface area contributed by atoms with Gasteiger partial charge in [0.25, 0.3) is 0 Å². The summed E-state index contributed by atoms with van der Waals surface area (Å²) in [6.45, 7) is 4.95. The van der Waals surface area contributed by atoms with Gasteiger partial charge in [-0.15, -0.1) is 0 Å². The van der Waals surface area contributed by atoms with Crippen LogP contribution in [0.2, 0.25) is 0 Å². The average Bonchev–Trinajstić information content (AvgIpc) is 3.53. The van der Waals surface area contributed by atoms with E-state index in [1.54, 1.807) is 6.08 Å². The number of hydrogen-bond acceptors (Lipinski definition) is 5. The van der Waals surface area contributed by atoms with Crippen LogP contribution in [-0.2, 0) is 14.3 Å². The summed E-state index contributed by atoms with van der Waals surface area (Å²) in [5.74, 6) is -0.0406. The van der Waals surface area contributed by atoms with Crippen molar-refractivity contribution >= 4 is 11.9 Å². The minimum Gasteiger partial charge on any atom is -0.466 e. The zero-order chi connectivity index (χ0) is 61.3. The maximum absolute atomic E-state index is 12.6. The van der Waals surface area contributed by atoms with Crippen LogP contribution in [0, 0.1) is 0 Å². The van der Waals surface area contributed by atoms with Crippen LogP contribution in [0.3, 0.4) is 0 Å². The number of allylic oxidation sites excluding steroid dienone is 3. The van der Waals surface area contributed by atoms with Gasteiger partial charge in [-0.1, -0.05) is 398 Å². The molecule has 0 fully saturated rings. The quantitative estimate of drug-likeness (QED) is 0.0320. The third-order valence-electron chi connectivity index (χ3n) is 18.5. The molecule has 2 unspecified atom stereocenters. The average molecular weight is 1200 g/mol. The molecular formula is C79H153NO5. The van der Waals surface area contributed by atoms with E-state index in [1.165, 1.54) is 379 Å². The third kappa shape index (κ3) is 71.3. The molecule has 0 saturated heterocycles. The number of nitrogens with one attached hydrogen (secondary N) is 1. The first-order valence-corrected chi connectivity index (χ1v) is 39.1. The lowest BCUT2D eigenvalue weighted by Gasteiger charge is -2.20. The fraction of sp³-hybridized carbons (Fsp3) is 0.924. The number of aliphatic hydroxyl groups is 2. The number of hydrogen-bond donors (Lipinski definition) is 3. The molecule has 2 atom stereocenters. The molecule has 0 saturated carbocycles. The van der Waals surface area contributed by atoms with Crippen LogP contribution in [0.4, 0.5) is 0 Å². The number of carbonyl (C=O) groups excluding carboxylic acids is 2. The second-order valence-electron chi connectivity index (χ2n) is 27.0. The molecule has 1 amide bonds. The van der Waals surface area contributed by atoms with Gasteiger partial charge in [-0.25, -0.2) is 0 Å². The molecule has 0 spiro atoms. The van der Waals surface area contributed by atoms with Crippen molar-refractivity contribution < 1.29 is 24.5 Å². The monoisotopic (exact) mass is 1200 g/mol. The van der Waals surface area contributed by atoms with Crippen LogP contribution in [0.25, 0.3) is 0 Å². The summed E-state index contributed by atoms with van der Waals surface area (Å²) < 4.78 is 5.49. The van der Waals surface area contributed by atoms with Crippen LogP contribution in [0.1, 0.15) is 444 Å². The van der Waals surface area contributed by atoms with Gasteiger partial charge in [-0.2, -0.15) is 0 Å². The van der Waals surface area contributed by atoms with Crippen LogP contribution < -0.4 is 5.32 Å². The second kappa shape index (κ2) is 74.8. The van der Waals surface area contributed by atoms with Gasteiger partial charge in [0.1, 0.15) is 0 Å². The molecule has 0 aliphatic carbocycles. The van der Waals surface area contributed by atoms with Crippen molar-refractivity contribution in [3.8, 4) is 0 Å². The maximum Gasteiger partial charge on any atom is 0.305 e. The molecule has 85 heavy (non-hydrogen) atoms. The predicted octanol–water partition coefficient (Wildman–Crippen LogP) is 25.7. The van der Waals surface area contributed by atoms with E-state index in [0.29, 0.717) is 19.4 Å². The van der Waals surface area contributed by atoms with Gasteiger partial charge >= 0.3 is 5.97 Å². The Balaban J connectivity index is 3.38. The first-order valence-electron chi connectivity index (χ1n) is 39.1. The highest BCUT2D eigenvalue weighted by molar-refractivity contribution is 5.76. The van der Waals surface area contributed by atoms with E-state index < -0.39 is 12.1 Å². The molecule has 0 rings (SSSR count). The molecule has 0 radical (unpaired) electrons. The summed E-state index contributed by atoms with van der Waals surface area (Å²) in [4.78, 5) is 24.6. The van der Waals surface area contributed by atoms with Gasteiger partial charge < -0.3 is 20.3 Å². The summed E-state index contributed by atoms with van der Waals surface area (Å²) in [5.41, 5.74) is 0. The molecule has 0 aromatic carbocycles. The molecule has 3 N–H and O–H groups in total.